The predicted octanol–water partition coefficient (Wildman–Crippen LogP) is 5.91. The summed E-state index contributed by atoms with van der Waals surface area (Å²) in [7, 11) is 1.73. The number of hydrogen-bond acceptors (Lipinski definition) is 8. The summed E-state index contributed by atoms with van der Waals surface area (Å²) in [6.07, 6.45) is 3.04. The molecule has 9 heteroatoms. The second-order valence-electron chi connectivity index (χ2n) is 8.58. The molecule has 0 fully saturated rings. The van der Waals surface area contributed by atoms with Gasteiger partial charge in [-0.15, -0.1) is 0 Å². The molecule has 3 aromatic carbocycles. The van der Waals surface area contributed by atoms with Gasteiger partial charge in [0.2, 0.25) is 11.8 Å². The molecule has 0 aliphatic rings. The third kappa shape index (κ3) is 6.34. The molecule has 0 saturated heterocycles. The maximum atomic E-state index is 13.1. The molecule has 5 aromatic rings. The third-order valence-electron chi connectivity index (χ3n) is 5.80. The molecule has 0 aliphatic heterocycles. The predicted molar refractivity (Wildman–Crippen MR) is 149 cm³/mol. The van der Waals surface area contributed by atoms with Gasteiger partial charge < -0.3 is 20.1 Å². The van der Waals surface area contributed by atoms with Gasteiger partial charge in [0.05, 0.1) is 5.56 Å². The second-order valence-corrected chi connectivity index (χ2v) is 8.58. The second kappa shape index (κ2) is 11.8. The van der Waals surface area contributed by atoms with Crippen LogP contribution in [-0.2, 0) is 6.61 Å². The van der Waals surface area contributed by atoms with Crippen LogP contribution in [0.2, 0.25) is 0 Å². The van der Waals surface area contributed by atoms with Crippen molar-refractivity contribution in [2.45, 2.75) is 13.5 Å². The summed E-state index contributed by atoms with van der Waals surface area (Å²) in [5.74, 6) is 2.03. The van der Waals surface area contributed by atoms with Crippen LogP contribution in [-0.4, -0.2) is 32.9 Å². The maximum Gasteiger partial charge on any atom is 0.255 e. The molecular weight excluding hydrogens is 492 g/mol. The molecule has 0 unspecified atom stereocenters. The van der Waals surface area contributed by atoms with Crippen LogP contribution in [0.1, 0.15) is 21.5 Å². The first-order chi connectivity index (χ1) is 19.1. The number of nitrogens with zero attached hydrogens (tertiary/aromatic N) is 4. The molecule has 2 heterocycles. The van der Waals surface area contributed by atoms with Crippen LogP contribution in [0.5, 0.6) is 17.4 Å². The lowest BCUT2D eigenvalue weighted by molar-refractivity contribution is 0.102. The number of pyridine rings is 1. The number of carbonyl (C=O) groups excluding carboxylic acids is 1. The van der Waals surface area contributed by atoms with Crippen LogP contribution >= 0.6 is 0 Å². The van der Waals surface area contributed by atoms with Crippen LogP contribution in [0.15, 0.2) is 97.5 Å². The van der Waals surface area contributed by atoms with Gasteiger partial charge in [0, 0.05) is 30.6 Å². The molecule has 0 atom stereocenters. The highest BCUT2D eigenvalue weighted by Gasteiger charge is 2.15. The lowest BCUT2D eigenvalue weighted by Gasteiger charge is -2.13. The Kier molecular flexibility index (Phi) is 7.68. The standard InChI is InChI=1S/C30H26N6O3/c1-20-13-14-22(28(37)35-23-10-6-11-24(17-23)38-18-21-8-4-3-5-9-21)16-26(20)39-29-25(12-7-15-32-29)27-33-19-34-30(31-2)36-27/h3-17,19H,18H2,1-2H3,(H,35,37)(H,31,33,34,36). The minimum Gasteiger partial charge on any atom is -0.489 e. The van der Waals surface area contributed by atoms with Crippen molar-refractivity contribution in [3.05, 3.63) is 114 Å². The van der Waals surface area contributed by atoms with Crippen molar-refractivity contribution in [1.82, 2.24) is 19.9 Å². The summed E-state index contributed by atoms with van der Waals surface area (Å²) in [5, 5.41) is 5.83. The molecule has 194 valence electrons. The fourth-order valence-corrected chi connectivity index (χ4v) is 3.75. The van der Waals surface area contributed by atoms with E-state index in [1.165, 1.54) is 6.33 Å². The van der Waals surface area contributed by atoms with Crippen molar-refractivity contribution in [1.29, 1.82) is 0 Å². The molecule has 9 nitrogen and oxygen atoms in total. The smallest absolute Gasteiger partial charge is 0.255 e. The molecule has 5 rings (SSSR count). The van der Waals surface area contributed by atoms with Crippen molar-refractivity contribution >= 4 is 17.5 Å². The van der Waals surface area contributed by atoms with E-state index in [-0.39, 0.29) is 5.91 Å². The number of hydrogen-bond donors (Lipinski definition) is 2. The van der Waals surface area contributed by atoms with Crippen molar-refractivity contribution in [2.75, 3.05) is 17.7 Å². The molecule has 0 saturated carbocycles. The Labute approximate surface area is 225 Å². The average Bonchev–Trinajstić information content (AvgIpc) is 2.98. The third-order valence-corrected chi connectivity index (χ3v) is 5.80. The number of amides is 1. The van der Waals surface area contributed by atoms with E-state index in [2.05, 4.69) is 30.6 Å². The van der Waals surface area contributed by atoms with E-state index in [0.717, 1.165) is 11.1 Å². The Bertz CT molecular complexity index is 1590. The molecule has 0 spiro atoms. The molecular formula is C30H26N6O3. The first-order valence-corrected chi connectivity index (χ1v) is 12.3. The first-order valence-electron chi connectivity index (χ1n) is 12.3. The van der Waals surface area contributed by atoms with E-state index >= 15 is 0 Å². The van der Waals surface area contributed by atoms with Gasteiger partial charge in [-0.2, -0.15) is 4.98 Å². The average molecular weight is 519 g/mol. The van der Waals surface area contributed by atoms with Gasteiger partial charge in [-0.3, -0.25) is 4.79 Å². The zero-order valence-corrected chi connectivity index (χ0v) is 21.5. The Balaban J connectivity index is 1.32. The number of nitrogens with one attached hydrogen (secondary N) is 2. The van der Waals surface area contributed by atoms with Crippen LogP contribution in [0.3, 0.4) is 0 Å². The van der Waals surface area contributed by atoms with Crippen molar-refractivity contribution in [2.24, 2.45) is 0 Å². The molecule has 0 aliphatic carbocycles. The highest BCUT2D eigenvalue weighted by molar-refractivity contribution is 6.04. The first kappa shape index (κ1) is 25.3. The number of ether oxygens (including phenoxy) is 2. The Morgan fingerprint density at radius 2 is 1.77 bits per heavy atom. The number of anilines is 2. The fourth-order valence-electron chi connectivity index (χ4n) is 3.75. The van der Waals surface area contributed by atoms with Gasteiger partial charge >= 0.3 is 0 Å². The van der Waals surface area contributed by atoms with Gasteiger partial charge in [0.1, 0.15) is 24.4 Å². The summed E-state index contributed by atoms with van der Waals surface area (Å²) in [6.45, 7) is 2.34. The van der Waals surface area contributed by atoms with Gasteiger partial charge in [-0.1, -0.05) is 42.5 Å². The van der Waals surface area contributed by atoms with E-state index in [9.17, 15) is 4.79 Å². The topological polar surface area (TPSA) is 111 Å². The molecule has 1 amide bonds. The van der Waals surface area contributed by atoms with Crippen LogP contribution in [0.4, 0.5) is 11.6 Å². The van der Waals surface area contributed by atoms with Gasteiger partial charge in [-0.25, -0.2) is 15.0 Å². The van der Waals surface area contributed by atoms with Crippen LogP contribution in [0.25, 0.3) is 11.4 Å². The van der Waals surface area contributed by atoms with Gasteiger partial charge in [0.15, 0.2) is 5.82 Å². The lowest BCUT2D eigenvalue weighted by atomic mass is 10.1. The zero-order chi connectivity index (χ0) is 27.0. The quantitative estimate of drug-likeness (QED) is 0.248. The summed E-state index contributed by atoms with van der Waals surface area (Å²) < 4.78 is 12.1. The van der Waals surface area contributed by atoms with Crippen molar-refractivity contribution in [3.63, 3.8) is 0 Å². The van der Waals surface area contributed by atoms with E-state index in [1.807, 2.05) is 67.6 Å². The lowest BCUT2D eigenvalue weighted by Crippen LogP contribution is -2.12. The zero-order valence-electron chi connectivity index (χ0n) is 21.5. The summed E-state index contributed by atoms with van der Waals surface area (Å²) in [5.41, 5.74) is 3.55. The normalized spacial score (nSPS) is 10.5. The van der Waals surface area contributed by atoms with E-state index in [4.69, 9.17) is 9.47 Å². The summed E-state index contributed by atoms with van der Waals surface area (Å²) in [6, 6.07) is 26.1. The SMILES string of the molecule is CNc1ncnc(-c2cccnc2Oc2cc(C(=O)Nc3cccc(OCc4ccccc4)c3)ccc2C)n1. The molecule has 2 aromatic heterocycles. The molecule has 0 bridgehead atoms. The number of aryl methyl sites for hydroxylation is 1. The van der Waals surface area contributed by atoms with Crippen molar-refractivity contribution < 1.29 is 14.3 Å². The van der Waals surface area contributed by atoms with Gasteiger partial charge in [-0.05, 0) is 54.4 Å². The number of carbonyl (C=O) groups is 1. The number of benzene rings is 3. The highest BCUT2D eigenvalue weighted by atomic mass is 16.5. The Hall–Kier alpha value is -5.31. The summed E-state index contributed by atoms with van der Waals surface area (Å²) in [4.78, 5) is 30.2. The monoisotopic (exact) mass is 518 g/mol. The highest BCUT2D eigenvalue weighted by Crippen LogP contribution is 2.32. The molecule has 39 heavy (non-hydrogen) atoms. The van der Waals surface area contributed by atoms with Gasteiger partial charge in [0.25, 0.3) is 5.91 Å². The minimum atomic E-state index is -0.280. The number of rotatable bonds is 9. The largest absolute Gasteiger partial charge is 0.489 e. The fraction of sp³-hybridized carbons (Fsp3) is 0.100. The summed E-state index contributed by atoms with van der Waals surface area (Å²) >= 11 is 0. The number of aromatic nitrogens is 4. The van der Waals surface area contributed by atoms with E-state index in [1.54, 1.807) is 37.5 Å². The van der Waals surface area contributed by atoms with E-state index < -0.39 is 0 Å². The Morgan fingerprint density at radius 1 is 0.897 bits per heavy atom. The van der Waals surface area contributed by atoms with Crippen molar-refractivity contribution in [3.8, 4) is 28.8 Å². The molecule has 0 radical (unpaired) electrons. The maximum absolute atomic E-state index is 13.1. The van der Waals surface area contributed by atoms with Crippen LogP contribution in [0, 0.1) is 6.92 Å². The van der Waals surface area contributed by atoms with Crippen LogP contribution < -0.4 is 20.1 Å². The van der Waals surface area contributed by atoms with E-state index in [0.29, 0.717) is 52.6 Å². The Morgan fingerprint density at radius 3 is 2.62 bits per heavy atom. The molecule has 2 N–H and O–H groups in total. The minimum absolute atomic E-state index is 0.280.